The number of amides is 1. The number of carbonyl (C=O) groups excluding carboxylic acids is 1. The molecule has 100 valence electrons. The summed E-state index contributed by atoms with van der Waals surface area (Å²) in [5, 5.41) is 29.0. The van der Waals surface area contributed by atoms with Crippen molar-refractivity contribution >= 4 is 5.91 Å². The van der Waals surface area contributed by atoms with Crippen LogP contribution in [0, 0.1) is 0 Å². The summed E-state index contributed by atoms with van der Waals surface area (Å²) in [6.07, 6.45) is -3.06. The predicted octanol–water partition coefficient (Wildman–Crippen LogP) is 0.569. The van der Waals surface area contributed by atoms with Gasteiger partial charge in [0.1, 0.15) is 11.9 Å². The largest absolute Gasteiger partial charge is 0.508 e. The van der Waals surface area contributed by atoms with E-state index in [1.54, 1.807) is 6.07 Å². The van der Waals surface area contributed by atoms with Crippen LogP contribution in [0.25, 0.3) is 0 Å². The lowest BCUT2D eigenvalue weighted by Crippen LogP contribution is -2.34. The van der Waals surface area contributed by atoms with Crippen LogP contribution in [0.1, 0.15) is 38.0 Å². The molecule has 1 aromatic rings. The Balaban J connectivity index is 3.17. The van der Waals surface area contributed by atoms with Crippen molar-refractivity contribution in [1.82, 2.24) is 0 Å². The molecular weight excluding hydrogens is 234 g/mol. The van der Waals surface area contributed by atoms with Gasteiger partial charge in [-0.15, -0.1) is 0 Å². The maximum absolute atomic E-state index is 10.8. The van der Waals surface area contributed by atoms with E-state index in [2.05, 4.69) is 0 Å². The molecule has 0 heterocycles. The summed E-state index contributed by atoms with van der Waals surface area (Å²) >= 11 is 0. The fourth-order valence-electron chi connectivity index (χ4n) is 1.68. The number of hydrogen-bond acceptors (Lipinski definition) is 4. The number of aromatic hydroxyl groups is 1. The van der Waals surface area contributed by atoms with E-state index in [0.29, 0.717) is 11.1 Å². The van der Waals surface area contributed by atoms with Gasteiger partial charge in [0, 0.05) is 0 Å². The van der Waals surface area contributed by atoms with Gasteiger partial charge in [-0.25, -0.2) is 0 Å². The molecule has 0 spiro atoms. The maximum Gasteiger partial charge on any atom is 0.249 e. The second-order valence-electron chi connectivity index (χ2n) is 5.32. The molecule has 0 radical (unpaired) electrons. The minimum atomic E-state index is -1.66. The number of benzene rings is 1. The molecule has 18 heavy (non-hydrogen) atoms. The fraction of sp³-hybridized carbons (Fsp3) is 0.462. The van der Waals surface area contributed by atoms with Gasteiger partial charge in [0.2, 0.25) is 5.91 Å². The van der Waals surface area contributed by atoms with E-state index in [4.69, 9.17) is 5.73 Å². The molecule has 5 heteroatoms. The number of phenols is 1. The number of aliphatic hydroxyl groups excluding tert-OH is 2. The lowest BCUT2D eigenvalue weighted by molar-refractivity contribution is -0.131. The third-order valence-corrected chi connectivity index (χ3v) is 2.76. The fourth-order valence-corrected chi connectivity index (χ4v) is 1.68. The van der Waals surface area contributed by atoms with Gasteiger partial charge in [0.25, 0.3) is 0 Å². The molecule has 0 aliphatic carbocycles. The molecule has 0 aliphatic rings. The summed E-state index contributed by atoms with van der Waals surface area (Å²) in [6.45, 7) is 5.72. The minimum Gasteiger partial charge on any atom is -0.508 e. The monoisotopic (exact) mass is 253 g/mol. The summed E-state index contributed by atoms with van der Waals surface area (Å²) in [5.41, 5.74) is 5.57. The molecule has 0 saturated heterocycles. The summed E-state index contributed by atoms with van der Waals surface area (Å²) in [5.74, 6) is -0.889. The van der Waals surface area contributed by atoms with Crippen molar-refractivity contribution in [3.63, 3.8) is 0 Å². The van der Waals surface area contributed by atoms with Crippen LogP contribution >= 0.6 is 0 Å². The van der Waals surface area contributed by atoms with Crippen LogP contribution in [0.5, 0.6) is 5.75 Å². The van der Waals surface area contributed by atoms with Crippen LogP contribution in [-0.2, 0) is 10.2 Å². The van der Waals surface area contributed by atoms with Gasteiger partial charge in [0.05, 0.1) is 0 Å². The van der Waals surface area contributed by atoms with Gasteiger partial charge in [-0.05, 0) is 28.7 Å². The first-order valence-corrected chi connectivity index (χ1v) is 5.63. The number of primary amides is 1. The smallest absolute Gasteiger partial charge is 0.249 e. The molecule has 1 aromatic carbocycles. The number of rotatable bonds is 3. The average Bonchev–Trinajstić information content (AvgIpc) is 2.26. The Hall–Kier alpha value is -1.59. The summed E-state index contributed by atoms with van der Waals surface area (Å²) in [7, 11) is 0. The van der Waals surface area contributed by atoms with Gasteiger partial charge in [0.15, 0.2) is 6.10 Å². The van der Waals surface area contributed by atoms with E-state index in [1.165, 1.54) is 12.1 Å². The van der Waals surface area contributed by atoms with Crippen LogP contribution in [0.3, 0.4) is 0 Å². The first-order valence-electron chi connectivity index (χ1n) is 5.63. The van der Waals surface area contributed by atoms with Crippen molar-refractivity contribution < 1.29 is 20.1 Å². The van der Waals surface area contributed by atoms with Crippen molar-refractivity contribution in [3.8, 4) is 5.75 Å². The second kappa shape index (κ2) is 4.96. The van der Waals surface area contributed by atoms with E-state index in [1.807, 2.05) is 20.8 Å². The first kappa shape index (κ1) is 14.5. The van der Waals surface area contributed by atoms with Gasteiger partial charge in [-0.1, -0.05) is 26.8 Å². The molecule has 0 saturated carbocycles. The zero-order valence-corrected chi connectivity index (χ0v) is 10.7. The van der Waals surface area contributed by atoms with Crippen molar-refractivity contribution in [2.24, 2.45) is 5.73 Å². The Labute approximate surface area is 106 Å². The van der Waals surface area contributed by atoms with Gasteiger partial charge in [-0.3, -0.25) is 4.79 Å². The third kappa shape index (κ3) is 3.00. The van der Waals surface area contributed by atoms with E-state index in [-0.39, 0.29) is 11.2 Å². The highest BCUT2D eigenvalue weighted by Gasteiger charge is 2.26. The molecule has 1 rings (SSSR count). The highest BCUT2D eigenvalue weighted by molar-refractivity contribution is 5.79. The van der Waals surface area contributed by atoms with Gasteiger partial charge >= 0.3 is 0 Å². The molecule has 1 amide bonds. The SMILES string of the molecule is CC(C)(C)c1cc(C(O)C(O)C(N)=O)ccc1O. The number of carbonyl (C=O) groups is 1. The Kier molecular flexibility index (Phi) is 3.98. The molecule has 0 aliphatic heterocycles. The number of aliphatic hydroxyl groups is 2. The van der Waals surface area contributed by atoms with E-state index in [9.17, 15) is 20.1 Å². The first-order chi connectivity index (χ1) is 8.14. The van der Waals surface area contributed by atoms with Crippen LogP contribution in [0.15, 0.2) is 18.2 Å². The van der Waals surface area contributed by atoms with Crippen molar-refractivity contribution in [1.29, 1.82) is 0 Å². The molecule has 2 unspecified atom stereocenters. The van der Waals surface area contributed by atoms with Crippen LogP contribution in [0.4, 0.5) is 0 Å². The second-order valence-corrected chi connectivity index (χ2v) is 5.32. The Morgan fingerprint density at radius 3 is 2.28 bits per heavy atom. The average molecular weight is 253 g/mol. The lowest BCUT2D eigenvalue weighted by atomic mass is 9.84. The van der Waals surface area contributed by atoms with Crippen molar-refractivity contribution in [3.05, 3.63) is 29.3 Å². The number of phenolic OH excluding ortho intramolecular Hbond substituents is 1. The topological polar surface area (TPSA) is 104 Å². The van der Waals surface area contributed by atoms with E-state index >= 15 is 0 Å². The number of hydrogen-bond donors (Lipinski definition) is 4. The normalized spacial score (nSPS) is 15.2. The zero-order valence-electron chi connectivity index (χ0n) is 10.7. The zero-order chi connectivity index (χ0) is 14.1. The molecule has 0 aromatic heterocycles. The highest BCUT2D eigenvalue weighted by atomic mass is 16.3. The quantitative estimate of drug-likeness (QED) is 0.632. The van der Waals surface area contributed by atoms with Crippen LogP contribution in [0.2, 0.25) is 0 Å². The third-order valence-electron chi connectivity index (χ3n) is 2.76. The van der Waals surface area contributed by atoms with Crippen LogP contribution < -0.4 is 5.73 Å². The standard InChI is InChI=1S/C13H19NO4/c1-13(2,3)8-6-7(4-5-9(8)15)10(16)11(17)12(14)18/h4-6,10-11,15-17H,1-3H3,(H2,14,18). The van der Waals surface area contributed by atoms with Crippen molar-refractivity contribution in [2.75, 3.05) is 0 Å². The maximum atomic E-state index is 10.8. The Morgan fingerprint density at radius 2 is 1.83 bits per heavy atom. The lowest BCUT2D eigenvalue weighted by Gasteiger charge is -2.23. The number of nitrogens with two attached hydrogens (primary N) is 1. The van der Waals surface area contributed by atoms with Gasteiger partial charge < -0.3 is 21.1 Å². The van der Waals surface area contributed by atoms with Crippen LogP contribution in [-0.4, -0.2) is 27.3 Å². The molecule has 5 N–H and O–H groups in total. The van der Waals surface area contributed by atoms with Crippen molar-refractivity contribution in [2.45, 2.75) is 38.4 Å². The molecule has 0 fully saturated rings. The summed E-state index contributed by atoms with van der Waals surface area (Å²) < 4.78 is 0. The van der Waals surface area contributed by atoms with E-state index in [0.717, 1.165) is 0 Å². The predicted molar refractivity (Wildman–Crippen MR) is 67.0 cm³/mol. The van der Waals surface area contributed by atoms with Gasteiger partial charge in [-0.2, -0.15) is 0 Å². The molecular formula is C13H19NO4. The summed E-state index contributed by atoms with van der Waals surface area (Å²) in [6, 6.07) is 4.43. The Bertz CT molecular complexity index is 451. The van der Waals surface area contributed by atoms with E-state index < -0.39 is 18.1 Å². The summed E-state index contributed by atoms with van der Waals surface area (Å²) in [4.78, 5) is 10.8. The minimum absolute atomic E-state index is 0.104. The molecule has 2 atom stereocenters. The molecule has 5 nitrogen and oxygen atoms in total. The Morgan fingerprint density at radius 1 is 1.28 bits per heavy atom. The molecule has 0 bridgehead atoms. The highest BCUT2D eigenvalue weighted by Crippen LogP contribution is 2.33.